The van der Waals surface area contributed by atoms with Crippen molar-refractivity contribution in [3.63, 3.8) is 0 Å². The lowest BCUT2D eigenvalue weighted by Gasteiger charge is -2.09. The summed E-state index contributed by atoms with van der Waals surface area (Å²) in [5, 5.41) is 13.5. The molecule has 0 amide bonds. The van der Waals surface area contributed by atoms with Crippen molar-refractivity contribution in [3.05, 3.63) is 36.0 Å². The first-order valence-corrected chi connectivity index (χ1v) is 5.43. The summed E-state index contributed by atoms with van der Waals surface area (Å²) in [7, 11) is 0. The summed E-state index contributed by atoms with van der Waals surface area (Å²) in [6, 6.07) is 10.6. The molecule has 0 bridgehead atoms. The molecule has 1 N–H and O–H groups in total. The van der Waals surface area contributed by atoms with Gasteiger partial charge in [0.1, 0.15) is 6.07 Å². The van der Waals surface area contributed by atoms with Crippen molar-refractivity contribution in [3.8, 4) is 6.07 Å². The highest BCUT2D eigenvalue weighted by Gasteiger charge is 2.23. The Hall–Kier alpha value is -2.08. The van der Waals surface area contributed by atoms with E-state index in [2.05, 4.69) is 16.4 Å². The number of benzene rings is 1. The number of anilines is 1. The minimum atomic E-state index is 0.540. The standard InChI is InChI=1S/C13H11N3/c14-7-9-8-15-12-4-2-1-3-11(12)13(9)16-10-5-6-10/h1-4,8,10H,5-6H2,(H,15,16). The van der Waals surface area contributed by atoms with Crippen LogP contribution in [0.3, 0.4) is 0 Å². The monoisotopic (exact) mass is 209 g/mol. The molecule has 3 nitrogen and oxygen atoms in total. The lowest BCUT2D eigenvalue weighted by atomic mass is 10.1. The molecule has 0 spiro atoms. The van der Waals surface area contributed by atoms with E-state index >= 15 is 0 Å². The Bertz CT molecular complexity index is 579. The fraction of sp³-hybridized carbons (Fsp3) is 0.231. The van der Waals surface area contributed by atoms with Gasteiger partial charge in [-0.1, -0.05) is 18.2 Å². The van der Waals surface area contributed by atoms with Crippen LogP contribution >= 0.6 is 0 Å². The van der Waals surface area contributed by atoms with E-state index in [1.807, 2.05) is 24.3 Å². The quantitative estimate of drug-likeness (QED) is 0.827. The number of aromatic nitrogens is 1. The summed E-state index contributed by atoms with van der Waals surface area (Å²) in [5.74, 6) is 0. The van der Waals surface area contributed by atoms with E-state index in [0.29, 0.717) is 11.6 Å². The molecule has 1 aliphatic carbocycles. The summed E-state index contributed by atoms with van der Waals surface area (Å²) in [5.41, 5.74) is 2.51. The van der Waals surface area contributed by atoms with Gasteiger partial charge in [0.25, 0.3) is 0 Å². The Kier molecular flexibility index (Phi) is 2.00. The zero-order chi connectivity index (χ0) is 11.0. The van der Waals surface area contributed by atoms with E-state index < -0.39 is 0 Å². The third-order valence-corrected chi connectivity index (χ3v) is 2.82. The third-order valence-electron chi connectivity index (χ3n) is 2.82. The van der Waals surface area contributed by atoms with Crippen molar-refractivity contribution >= 4 is 16.6 Å². The predicted octanol–water partition coefficient (Wildman–Crippen LogP) is 2.68. The molecule has 16 heavy (non-hydrogen) atoms. The van der Waals surface area contributed by atoms with Crippen molar-refractivity contribution in [2.45, 2.75) is 18.9 Å². The largest absolute Gasteiger partial charge is 0.381 e. The van der Waals surface area contributed by atoms with Crippen LogP contribution in [-0.2, 0) is 0 Å². The molecule has 2 aromatic rings. The van der Waals surface area contributed by atoms with Gasteiger partial charge in [-0.15, -0.1) is 0 Å². The lowest BCUT2D eigenvalue weighted by molar-refractivity contribution is 1.15. The maximum Gasteiger partial charge on any atom is 0.103 e. The molecule has 1 heterocycles. The first-order chi connectivity index (χ1) is 7.88. The summed E-state index contributed by atoms with van der Waals surface area (Å²) in [6.45, 7) is 0. The van der Waals surface area contributed by atoms with E-state index in [-0.39, 0.29) is 0 Å². The Morgan fingerprint density at radius 3 is 2.88 bits per heavy atom. The molecule has 78 valence electrons. The molecule has 1 fully saturated rings. The number of hydrogen-bond acceptors (Lipinski definition) is 3. The predicted molar refractivity (Wildman–Crippen MR) is 63.1 cm³/mol. The minimum absolute atomic E-state index is 0.540. The molecule has 1 aliphatic rings. The van der Waals surface area contributed by atoms with Gasteiger partial charge in [0, 0.05) is 17.6 Å². The molecule has 0 radical (unpaired) electrons. The molecule has 1 saturated carbocycles. The SMILES string of the molecule is N#Cc1cnc2ccccc2c1NC1CC1. The van der Waals surface area contributed by atoms with E-state index in [0.717, 1.165) is 16.6 Å². The average molecular weight is 209 g/mol. The number of fused-ring (bicyclic) bond motifs is 1. The third kappa shape index (κ3) is 1.49. The first-order valence-electron chi connectivity index (χ1n) is 5.43. The van der Waals surface area contributed by atoms with Crippen LogP contribution < -0.4 is 5.32 Å². The lowest BCUT2D eigenvalue weighted by Crippen LogP contribution is -2.04. The average Bonchev–Trinajstić information content (AvgIpc) is 3.13. The van der Waals surface area contributed by atoms with Gasteiger partial charge in [0.05, 0.1) is 16.8 Å². The number of nitrogens with one attached hydrogen (secondary N) is 1. The van der Waals surface area contributed by atoms with Gasteiger partial charge in [-0.3, -0.25) is 4.98 Å². The second-order valence-electron chi connectivity index (χ2n) is 4.09. The van der Waals surface area contributed by atoms with Crippen LogP contribution in [0, 0.1) is 11.3 Å². The number of nitriles is 1. The fourth-order valence-electron chi connectivity index (χ4n) is 1.81. The zero-order valence-electron chi connectivity index (χ0n) is 8.77. The van der Waals surface area contributed by atoms with E-state index in [9.17, 15) is 0 Å². The van der Waals surface area contributed by atoms with Gasteiger partial charge < -0.3 is 5.32 Å². The topological polar surface area (TPSA) is 48.7 Å². The van der Waals surface area contributed by atoms with Crippen molar-refractivity contribution in [1.29, 1.82) is 5.26 Å². The van der Waals surface area contributed by atoms with Crippen LogP contribution in [0.4, 0.5) is 5.69 Å². The summed E-state index contributed by atoms with van der Waals surface area (Å²) < 4.78 is 0. The van der Waals surface area contributed by atoms with Crippen LogP contribution in [0.2, 0.25) is 0 Å². The molecule has 3 rings (SSSR count). The minimum Gasteiger partial charge on any atom is -0.381 e. The molecule has 0 unspecified atom stereocenters. The van der Waals surface area contributed by atoms with Gasteiger partial charge >= 0.3 is 0 Å². The molecule has 0 aliphatic heterocycles. The van der Waals surface area contributed by atoms with Gasteiger partial charge in [0.15, 0.2) is 0 Å². The second kappa shape index (κ2) is 3.49. The van der Waals surface area contributed by atoms with Crippen molar-refractivity contribution in [2.75, 3.05) is 5.32 Å². The number of para-hydroxylation sites is 1. The summed E-state index contributed by atoms with van der Waals surface area (Å²) in [4.78, 5) is 4.28. The van der Waals surface area contributed by atoms with Crippen molar-refractivity contribution in [2.24, 2.45) is 0 Å². The Morgan fingerprint density at radius 2 is 2.12 bits per heavy atom. The van der Waals surface area contributed by atoms with E-state index in [1.54, 1.807) is 6.20 Å². The molecular weight excluding hydrogens is 198 g/mol. The second-order valence-corrected chi connectivity index (χ2v) is 4.09. The normalized spacial score (nSPS) is 14.7. The van der Waals surface area contributed by atoms with Crippen molar-refractivity contribution < 1.29 is 0 Å². The maximum atomic E-state index is 9.08. The molecule has 1 aromatic heterocycles. The van der Waals surface area contributed by atoms with E-state index in [1.165, 1.54) is 12.8 Å². The molecule has 1 aromatic carbocycles. The Balaban J connectivity index is 2.22. The highest BCUT2D eigenvalue weighted by atomic mass is 15.0. The maximum absolute atomic E-state index is 9.08. The van der Waals surface area contributed by atoms with Crippen LogP contribution in [0.15, 0.2) is 30.5 Å². The number of nitrogens with zero attached hydrogens (tertiary/aromatic N) is 2. The van der Waals surface area contributed by atoms with Gasteiger partial charge in [0.2, 0.25) is 0 Å². The number of rotatable bonds is 2. The fourth-order valence-corrected chi connectivity index (χ4v) is 1.81. The zero-order valence-corrected chi connectivity index (χ0v) is 8.77. The van der Waals surface area contributed by atoms with Crippen molar-refractivity contribution in [1.82, 2.24) is 4.98 Å². The Labute approximate surface area is 93.7 Å². The number of pyridine rings is 1. The van der Waals surface area contributed by atoms with Gasteiger partial charge in [-0.05, 0) is 18.9 Å². The van der Waals surface area contributed by atoms with Gasteiger partial charge in [-0.2, -0.15) is 5.26 Å². The smallest absolute Gasteiger partial charge is 0.103 e. The molecular formula is C13H11N3. The highest BCUT2D eigenvalue weighted by molar-refractivity contribution is 5.94. The van der Waals surface area contributed by atoms with Crippen LogP contribution in [0.1, 0.15) is 18.4 Å². The molecule has 0 atom stereocenters. The summed E-state index contributed by atoms with van der Waals surface area (Å²) in [6.07, 6.45) is 4.04. The van der Waals surface area contributed by atoms with E-state index in [4.69, 9.17) is 5.26 Å². The summed E-state index contributed by atoms with van der Waals surface area (Å²) >= 11 is 0. The van der Waals surface area contributed by atoms with Crippen LogP contribution in [0.25, 0.3) is 10.9 Å². The first kappa shape index (κ1) is 9.17. The highest BCUT2D eigenvalue weighted by Crippen LogP contribution is 2.31. The van der Waals surface area contributed by atoms with Crippen LogP contribution in [0.5, 0.6) is 0 Å². The Morgan fingerprint density at radius 1 is 1.31 bits per heavy atom. The van der Waals surface area contributed by atoms with Gasteiger partial charge in [-0.25, -0.2) is 0 Å². The molecule has 3 heteroatoms. The van der Waals surface area contributed by atoms with Crippen LogP contribution in [-0.4, -0.2) is 11.0 Å². The number of hydrogen-bond donors (Lipinski definition) is 1. The molecule has 0 saturated heterocycles.